The minimum absolute atomic E-state index is 0.615. The average molecular weight is 317 g/mol. The Morgan fingerprint density at radius 1 is 0.870 bits per heavy atom. The van der Waals surface area contributed by atoms with Crippen molar-refractivity contribution in [2.24, 2.45) is 0 Å². The molecule has 2 aliphatic carbocycles. The molecule has 23 heavy (non-hydrogen) atoms. The molecule has 2 aromatic rings. The summed E-state index contributed by atoms with van der Waals surface area (Å²) in [5.41, 5.74) is 8.80. The molecule has 116 valence electrons. The second kappa shape index (κ2) is 5.35. The molecule has 0 aromatic heterocycles. The summed E-state index contributed by atoms with van der Waals surface area (Å²) in [4.78, 5) is 0. The standard InChI is InChI=1S/C22H24Si/c1-4-16-15-22(20-12-8-7-10-18(16)20)23(2,3)21-14-13-17-9-5-6-11-19(17)21/h5-15,21-22H,4H2,1-3H3. The molecule has 0 radical (unpaired) electrons. The Morgan fingerprint density at radius 3 is 2.35 bits per heavy atom. The van der Waals surface area contributed by atoms with Crippen LogP contribution in [0.3, 0.4) is 0 Å². The van der Waals surface area contributed by atoms with Crippen LogP contribution in [0.5, 0.6) is 0 Å². The second-order valence-corrected chi connectivity index (χ2v) is 12.3. The summed E-state index contributed by atoms with van der Waals surface area (Å²) < 4.78 is 0. The van der Waals surface area contributed by atoms with E-state index in [2.05, 4.69) is 86.8 Å². The maximum atomic E-state index is 2.59. The summed E-state index contributed by atoms with van der Waals surface area (Å²) in [6.07, 6.45) is 8.53. The van der Waals surface area contributed by atoms with Gasteiger partial charge >= 0.3 is 0 Å². The van der Waals surface area contributed by atoms with Crippen LogP contribution in [-0.4, -0.2) is 8.07 Å². The van der Waals surface area contributed by atoms with Gasteiger partial charge < -0.3 is 0 Å². The summed E-state index contributed by atoms with van der Waals surface area (Å²) >= 11 is 0. The van der Waals surface area contributed by atoms with Gasteiger partial charge in [-0.25, -0.2) is 0 Å². The minimum Gasteiger partial charge on any atom is -0.0791 e. The summed E-state index contributed by atoms with van der Waals surface area (Å²) in [6, 6.07) is 18.0. The largest absolute Gasteiger partial charge is 0.0791 e. The third-order valence-electron chi connectivity index (χ3n) is 5.79. The van der Waals surface area contributed by atoms with Crippen LogP contribution in [0, 0.1) is 0 Å². The normalized spacial score (nSPS) is 22.0. The molecule has 2 aromatic carbocycles. The van der Waals surface area contributed by atoms with E-state index in [0.29, 0.717) is 11.1 Å². The van der Waals surface area contributed by atoms with Crippen LogP contribution in [0.15, 0.2) is 60.7 Å². The number of allylic oxidation sites excluding steroid dienone is 3. The first-order valence-electron chi connectivity index (χ1n) is 8.70. The molecule has 0 saturated carbocycles. The van der Waals surface area contributed by atoms with Crippen molar-refractivity contribution < 1.29 is 0 Å². The molecule has 0 spiro atoms. The molecule has 2 unspecified atom stereocenters. The van der Waals surface area contributed by atoms with Crippen LogP contribution in [-0.2, 0) is 0 Å². The Kier molecular flexibility index (Phi) is 3.42. The van der Waals surface area contributed by atoms with Crippen LogP contribution in [0.2, 0.25) is 13.1 Å². The van der Waals surface area contributed by atoms with Crippen LogP contribution >= 0.6 is 0 Å². The lowest BCUT2D eigenvalue weighted by Gasteiger charge is -2.35. The van der Waals surface area contributed by atoms with E-state index in [1.807, 2.05) is 0 Å². The summed E-state index contributed by atoms with van der Waals surface area (Å²) in [6.45, 7) is 7.42. The van der Waals surface area contributed by atoms with Gasteiger partial charge in [-0.2, -0.15) is 0 Å². The fraction of sp³-hybridized carbons (Fsp3) is 0.273. The molecule has 4 rings (SSSR count). The van der Waals surface area contributed by atoms with Gasteiger partial charge in [-0.1, -0.05) is 86.8 Å². The molecule has 0 fully saturated rings. The Hall–Kier alpha value is -1.86. The van der Waals surface area contributed by atoms with E-state index in [1.54, 1.807) is 16.7 Å². The van der Waals surface area contributed by atoms with Crippen molar-refractivity contribution >= 4 is 19.7 Å². The van der Waals surface area contributed by atoms with Crippen molar-refractivity contribution in [1.82, 2.24) is 0 Å². The third kappa shape index (κ3) is 2.18. The van der Waals surface area contributed by atoms with E-state index >= 15 is 0 Å². The first-order chi connectivity index (χ1) is 11.1. The first-order valence-corrected chi connectivity index (χ1v) is 11.9. The monoisotopic (exact) mass is 316 g/mol. The zero-order chi connectivity index (χ0) is 16.0. The third-order valence-corrected chi connectivity index (χ3v) is 9.98. The predicted molar refractivity (Wildman–Crippen MR) is 103 cm³/mol. The van der Waals surface area contributed by atoms with Crippen molar-refractivity contribution in [2.45, 2.75) is 37.5 Å². The highest BCUT2D eigenvalue weighted by atomic mass is 28.3. The number of rotatable bonds is 3. The van der Waals surface area contributed by atoms with Gasteiger partial charge in [0.25, 0.3) is 0 Å². The van der Waals surface area contributed by atoms with E-state index in [9.17, 15) is 0 Å². The number of hydrogen-bond acceptors (Lipinski definition) is 0. The zero-order valence-electron chi connectivity index (χ0n) is 14.2. The Bertz CT molecular complexity index is 810. The highest BCUT2D eigenvalue weighted by molar-refractivity contribution is 6.81. The predicted octanol–water partition coefficient (Wildman–Crippen LogP) is 6.17. The molecule has 0 bridgehead atoms. The van der Waals surface area contributed by atoms with Crippen molar-refractivity contribution in [3.8, 4) is 0 Å². The highest BCUT2D eigenvalue weighted by Crippen LogP contribution is 2.49. The van der Waals surface area contributed by atoms with Crippen molar-refractivity contribution in [1.29, 1.82) is 0 Å². The molecule has 0 heterocycles. The van der Waals surface area contributed by atoms with E-state index in [1.165, 1.54) is 11.1 Å². The summed E-state index contributed by atoms with van der Waals surface area (Å²) in [5, 5.41) is 0. The number of fused-ring (bicyclic) bond motifs is 2. The van der Waals surface area contributed by atoms with E-state index < -0.39 is 8.07 Å². The van der Waals surface area contributed by atoms with E-state index in [0.717, 1.165) is 6.42 Å². The summed E-state index contributed by atoms with van der Waals surface area (Å²) in [7, 11) is -1.56. The van der Waals surface area contributed by atoms with Crippen molar-refractivity contribution in [3.05, 3.63) is 82.9 Å². The molecule has 0 amide bonds. The van der Waals surface area contributed by atoms with Gasteiger partial charge in [-0.05, 0) is 45.3 Å². The molecule has 1 heteroatoms. The molecule has 2 atom stereocenters. The molecule has 0 nitrogen and oxygen atoms in total. The lowest BCUT2D eigenvalue weighted by atomic mass is 10.0. The van der Waals surface area contributed by atoms with Crippen LogP contribution < -0.4 is 0 Å². The maximum Gasteiger partial charge on any atom is 0.0715 e. The Balaban J connectivity index is 1.79. The molecule has 2 aliphatic rings. The average Bonchev–Trinajstić information content (AvgIpc) is 3.17. The minimum atomic E-state index is -1.56. The fourth-order valence-corrected chi connectivity index (χ4v) is 8.18. The molecule has 0 aliphatic heterocycles. The zero-order valence-corrected chi connectivity index (χ0v) is 15.2. The Morgan fingerprint density at radius 2 is 1.57 bits per heavy atom. The SMILES string of the molecule is CCC1=CC([Si](C)(C)C2C=Cc3ccccc32)c2ccccc21. The molecular weight excluding hydrogens is 292 g/mol. The van der Waals surface area contributed by atoms with Gasteiger partial charge in [-0.3, -0.25) is 0 Å². The van der Waals surface area contributed by atoms with Gasteiger partial charge in [0, 0.05) is 0 Å². The van der Waals surface area contributed by atoms with E-state index in [-0.39, 0.29) is 0 Å². The van der Waals surface area contributed by atoms with Crippen molar-refractivity contribution in [3.63, 3.8) is 0 Å². The lowest BCUT2D eigenvalue weighted by Crippen LogP contribution is -2.39. The van der Waals surface area contributed by atoms with Gasteiger partial charge in [0.15, 0.2) is 0 Å². The number of benzene rings is 2. The van der Waals surface area contributed by atoms with Gasteiger partial charge in [0.2, 0.25) is 0 Å². The molecule has 0 N–H and O–H groups in total. The fourth-order valence-electron chi connectivity index (χ4n) is 4.46. The number of hydrogen-bond donors (Lipinski definition) is 0. The topological polar surface area (TPSA) is 0 Å². The second-order valence-electron chi connectivity index (χ2n) is 7.40. The van der Waals surface area contributed by atoms with Gasteiger partial charge in [0.1, 0.15) is 0 Å². The first kappa shape index (κ1) is 14.7. The van der Waals surface area contributed by atoms with Gasteiger partial charge in [-0.15, -0.1) is 0 Å². The summed E-state index contributed by atoms with van der Waals surface area (Å²) in [5.74, 6) is 0. The molecular formula is C22H24Si. The maximum absolute atomic E-state index is 2.59. The highest BCUT2D eigenvalue weighted by Gasteiger charge is 2.43. The van der Waals surface area contributed by atoms with Gasteiger partial charge in [0.05, 0.1) is 8.07 Å². The lowest BCUT2D eigenvalue weighted by molar-refractivity contribution is 1.05. The van der Waals surface area contributed by atoms with Crippen LogP contribution in [0.25, 0.3) is 11.6 Å². The van der Waals surface area contributed by atoms with Crippen LogP contribution in [0.1, 0.15) is 46.7 Å². The van der Waals surface area contributed by atoms with Crippen molar-refractivity contribution in [2.75, 3.05) is 0 Å². The Labute approximate surface area is 140 Å². The molecule has 0 saturated heterocycles. The quantitative estimate of drug-likeness (QED) is 0.594. The van der Waals surface area contributed by atoms with E-state index in [4.69, 9.17) is 0 Å². The van der Waals surface area contributed by atoms with Crippen LogP contribution in [0.4, 0.5) is 0 Å². The smallest absolute Gasteiger partial charge is 0.0715 e.